The van der Waals surface area contributed by atoms with Gasteiger partial charge in [-0.15, -0.1) is 0 Å². The highest BCUT2D eigenvalue weighted by Gasteiger charge is 2.24. The minimum Gasteiger partial charge on any atom is -0.486 e. The summed E-state index contributed by atoms with van der Waals surface area (Å²) >= 11 is 0. The average Bonchev–Trinajstić information content (AvgIpc) is 2.86. The van der Waals surface area contributed by atoms with E-state index in [-0.39, 0.29) is 18.5 Å². The summed E-state index contributed by atoms with van der Waals surface area (Å²) in [4.78, 5) is 11.9. The molecule has 2 aromatic carbocycles. The first kappa shape index (κ1) is 13.4. The summed E-state index contributed by atoms with van der Waals surface area (Å²) in [5, 5.41) is 0. The van der Waals surface area contributed by atoms with E-state index in [0.717, 1.165) is 5.56 Å². The molecule has 1 atom stereocenters. The van der Waals surface area contributed by atoms with Crippen LogP contribution in [-0.2, 0) is 11.2 Å². The van der Waals surface area contributed by atoms with Gasteiger partial charge in [0.15, 0.2) is 0 Å². The number of nitrogen functional groups attached to an aromatic ring is 1. The van der Waals surface area contributed by atoms with Crippen molar-refractivity contribution in [3.63, 3.8) is 0 Å². The Balaban J connectivity index is 1.59. The van der Waals surface area contributed by atoms with Gasteiger partial charge >= 0.3 is 5.97 Å². The van der Waals surface area contributed by atoms with E-state index in [1.165, 1.54) is 12.1 Å². The van der Waals surface area contributed by atoms with Gasteiger partial charge in [0.2, 0.25) is 0 Å². The molecule has 0 aromatic heterocycles. The fourth-order valence-corrected chi connectivity index (χ4v) is 2.30. The molecule has 0 bridgehead atoms. The van der Waals surface area contributed by atoms with Crippen molar-refractivity contribution in [1.82, 2.24) is 0 Å². The lowest BCUT2D eigenvalue weighted by Crippen LogP contribution is -2.22. The van der Waals surface area contributed by atoms with Crippen molar-refractivity contribution >= 4 is 11.7 Å². The third kappa shape index (κ3) is 2.97. The molecule has 0 spiro atoms. The molecule has 3 rings (SSSR count). The van der Waals surface area contributed by atoms with E-state index >= 15 is 0 Å². The Morgan fingerprint density at radius 1 is 1.33 bits per heavy atom. The summed E-state index contributed by atoms with van der Waals surface area (Å²) in [7, 11) is 0. The van der Waals surface area contributed by atoms with E-state index < -0.39 is 5.97 Å². The third-order valence-electron chi connectivity index (χ3n) is 3.29. The molecule has 0 amide bonds. The van der Waals surface area contributed by atoms with Crippen molar-refractivity contribution in [3.05, 3.63) is 59.4 Å². The maximum Gasteiger partial charge on any atom is 0.338 e. The SMILES string of the molecule is Nc1cccc(C(=O)OCC2Cc3cc(F)ccc3O2)c1. The van der Waals surface area contributed by atoms with Crippen LogP contribution < -0.4 is 10.5 Å². The van der Waals surface area contributed by atoms with Gasteiger partial charge in [-0.2, -0.15) is 0 Å². The number of fused-ring (bicyclic) bond motifs is 1. The maximum atomic E-state index is 13.1. The molecule has 0 aliphatic carbocycles. The highest BCUT2D eigenvalue weighted by molar-refractivity contribution is 5.90. The van der Waals surface area contributed by atoms with E-state index in [9.17, 15) is 9.18 Å². The second-order valence-corrected chi connectivity index (χ2v) is 4.92. The Labute approximate surface area is 121 Å². The smallest absolute Gasteiger partial charge is 0.338 e. The molecule has 2 aromatic rings. The Hall–Kier alpha value is -2.56. The molecule has 0 saturated carbocycles. The Morgan fingerprint density at radius 3 is 3.00 bits per heavy atom. The van der Waals surface area contributed by atoms with Crippen molar-refractivity contribution in [2.24, 2.45) is 0 Å². The van der Waals surface area contributed by atoms with Gasteiger partial charge in [0.1, 0.15) is 24.3 Å². The zero-order valence-corrected chi connectivity index (χ0v) is 11.2. The van der Waals surface area contributed by atoms with Crippen LogP contribution >= 0.6 is 0 Å². The number of hydrogen-bond donors (Lipinski definition) is 1. The van der Waals surface area contributed by atoms with Crippen molar-refractivity contribution < 1.29 is 18.7 Å². The van der Waals surface area contributed by atoms with Crippen LogP contribution in [0.4, 0.5) is 10.1 Å². The predicted octanol–water partition coefficient (Wildman–Crippen LogP) is 2.57. The second-order valence-electron chi connectivity index (χ2n) is 4.92. The molecule has 108 valence electrons. The lowest BCUT2D eigenvalue weighted by molar-refractivity contribution is 0.0347. The number of esters is 1. The van der Waals surface area contributed by atoms with E-state index in [1.54, 1.807) is 30.3 Å². The van der Waals surface area contributed by atoms with E-state index in [0.29, 0.717) is 23.4 Å². The number of nitrogens with two attached hydrogens (primary N) is 1. The minimum absolute atomic E-state index is 0.115. The first-order valence-electron chi connectivity index (χ1n) is 6.59. The number of anilines is 1. The quantitative estimate of drug-likeness (QED) is 0.696. The molecule has 4 nitrogen and oxygen atoms in total. The fraction of sp³-hybridized carbons (Fsp3) is 0.188. The van der Waals surface area contributed by atoms with Crippen LogP contribution in [0.5, 0.6) is 5.75 Å². The number of halogens is 1. The van der Waals surface area contributed by atoms with Gasteiger partial charge < -0.3 is 15.2 Å². The van der Waals surface area contributed by atoms with Crippen LogP contribution in [0.25, 0.3) is 0 Å². The normalized spacial score (nSPS) is 16.1. The van der Waals surface area contributed by atoms with Gasteiger partial charge in [-0.05, 0) is 36.4 Å². The first-order valence-corrected chi connectivity index (χ1v) is 6.59. The summed E-state index contributed by atoms with van der Waals surface area (Å²) < 4.78 is 23.9. The fourth-order valence-electron chi connectivity index (χ4n) is 2.30. The molecule has 0 radical (unpaired) electrons. The summed E-state index contributed by atoms with van der Waals surface area (Å²) in [6, 6.07) is 11.0. The number of hydrogen-bond acceptors (Lipinski definition) is 4. The predicted molar refractivity (Wildman–Crippen MR) is 75.7 cm³/mol. The van der Waals surface area contributed by atoms with Gasteiger partial charge in [-0.1, -0.05) is 6.07 Å². The molecule has 0 fully saturated rings. The number of rotatable bonds is 3. The molecule has 0 saturated heterocycles. The molecule has 1 aliphatic rings. The van der Waals surface area contributed by atoms with Gasteiger partial charge in [0.25, 0.3) is 0 Å². The van der Waals surface area contributed by atoms with E-state index in [2.05, 4.69) is 0 Å². The molecule has 1 heterocycles. The molecule has 1 aliphatic heterocycles. The van der Waals surface area contributed by atoms with E-state index in [4.69, 9.17) is 15.2 Å². The van der Waals surface area contributed by atoms with Crippen LogP contribution in [0.3, 0.4) is 0 Å². The largest absolute Gasteiger partial charge is 0.486 e. The molecular weight excluding hydrogens is 273 g/mol. The van der Waals surface area contributed by atoms with Gasteiger partial charge in [-0.3, -0.25) is 0 Å². The Kier molecular flexibility index (Phi) is 3.48. The topological polar surface area (TPSA) is 61.6 Å². The van der Waals surface area contributed by atoms with Crippen LogP contribution in [0.1, 0.15) is 15.9 Å². The lowest BCUT2D eigenvalue weighted by Gasteiger charge is -2.11. The highest BCUT2D eigenvalue weighted by Crippen LogP contribution is 2.29. The van der Waals surface area contributed by atoms with Crippen LogP contribution in [0.2, 0.25) is 0 Å². The van der Waals surface area contributed by atoms with Crippen molar-refractivity contribution in [1.29, 1.82) is 0 Å². The van der Waals surface area contributed by atoms with E-state index in [1.807, 2.05) is 0 Å². The van der Waals surface area contributed by atoms with Gasteiger partial charge in [0.05, 0.1) is 5.56 Å². The third-order valence-corrected chi connectivity index (χ3v) is 3.29. The standard InChI is InChI=1S/C16H14FNO3/c17-12-4-5-15-11(6-12)8-14(21-15)9-20-16(19)10-2-1-3-13(18)7-10/h1-7,14H,8-9,18H2. The number of carbonyl (C=O) groups is 1. The van der Waals surface area contributed by atoms with Crippen molar-refractivity contribution in [2.75, 3.05) is 12.3 Å². The number of carbonyl (C=O) groups excluding carboxylic acids is 1. The lowest BCUT2D eigenvalue weighted by atomic mass is 10.1. The maximum absolute atomic E-state index is 13.1. The zero-order chi connectivity index (χ0) is 14.8. The first-order chi connectivity index (χ1) is 10.1. The molecule has 1 unspecified atom stereocenters. The second kappa shape index (κ2) is 5.44. The Morgan fingerprint density at radius 2 is 2.19 bits per heavy atom. The molecule has 2 N–H and O–H groups in total. The number of ether oxygens (including phenoxy) is 2. The summed E-state index contributed by atoms with van der Waals surface area (Å²) in [6.45, 7) is 0.115. The highest BCUT2D eigenvalue weighted by atomic mass is 19.1. The van der Waals surface area contributed by atoms with Gasteiger partial charge in [0, 0.05) is 17.7 Å². The summed E-state index contributed by atoms with van der Waals surface area (Å²) in [5.74, 6) is -0.107. The monoisotopic (exact) mass is 287 g/mol. The van der Waals surface area contributed by atoms with Crippen LogP contribution in [0, 0.1) is 5.82 Å². The minimum atomic E-state index is -0.451. The zero-order valence-electron chi connectivity index (χ0n) is 11.2. The molecule has 21 heavy (non-hydrogen) atoms. The van der Waals surface area contributed by atoms with Crippen LogP contribution in [0.15, 0.2) is 42.5 Å². The molecule has 5 heteroatoms. The van der Waals surface area contributed by atoms with Crippen molar-refractivity contribution in [3.8, 4) is 5.75 Å². The number of benzene rings is 2. The summed E-state index contributed by atoms with van der Waals surface area (Å²) in [6.07, 6.45) is 0.240. The van der Waals surface area contributed by atoms with Crippen LogP contribution in [-0.4, -0.2) is 18.7 Å². The average molecular weight is 287 g/mol. The Bertz CT molecular complexity index is 687. The van der Waals surface area contributed by atoms with Crippen molar-refractivity contribution in [2.45, 2.75) is 12.5 Å². The molecular formula is C16H14FNO3. The summed E-state index contributed by atoms with van der Waals surface area (Å²) in [5.41, 5.74) is 7.31. The van der Waals surface area contributed by atoms with Gasteiger partial charge in [-0.25, -0.2) is 9.18 Å².